The zero-order valence-corrected chi connectivity index (χ0v) is 15.5. The van der Waals surface area contributed by atoms with E-state index in [1.165, 1.54) is 4.57 Å². The molecule has 2 N–H and O–H groups in total. The molecule has 2 aromatic carbocycles. The molecule has 1 atom stereocenters. The average molecular weight is 389 g/mol. The number of aromatic amines is 1. The van der Waals surface area contributed by atoms with Gasteiger partial charge in [0.2, 0.25) is 5.91 Å². The maximum absolute atomic E-state index is 12.7. The van der Waals surface area contributed by atoms with Crippen LogP contribution >= 0.6 is 0 Å². The summed E-state index contributed by atoms with van der Waals surface area (Å²) in [5.74, 6) is 0.383. The highest BCUT2D eigenvalue weighted by Gasteiger charge is 2.19. The number of H-pyrrole nitrogens is 1. The van der Waals surface area contributed by atoms with Gasteiger partial charge in [-0.15, -0.1) is 0 Å². The van der Waals surface area contributed by atoms with Crippen molar-refractivity contribution in [1.29, 1.82) is 0 Å². The molecule has 0 saturated carbocycles. The molecule has 0 bridgehead atoms. The maximum Gasteiger partial charge on any atom is 0.328 e. The number of para-hydroxylation sites is 1. The Balaban J connectivity index is 1.55. The summed E-state index contributed by atoms with van der Waals surface area (Å²) in [4.78, 5) is 39.2. The number of amides is 1. The van der Waals surface area contributed by atoms with Gasteiger partial charge in [-0.05, 0) is 29.8 Å². The lowest BCUT2D eigenvalue weighted by molar-refractivity contribution is -0.121. The summed E-state index contributed by atoms with van der Waals surface area (Å²) >= 11 is 0. The third kappa shape index (κ3) is 3.89. The standard InChI is InChI=1S/C22H19N3O4/c26-19(23-20(18-11-6-14-29-18)15-7-2-1-3-8-15)12-13-25-17-10-5-4-9-16(17)21(27)24-22(25)28/h1-11,14,20H,12-13H2,(H,23,26)(H,24,27,28). The predicted octanol–water partition coefficient (Wildman–Crippen LogP) is 2.58. The van der Waals surface area contributed by atoms with Gasteiger partial charge in [-0.3, -0.25) is 19.1 Å². The van der Waals surface area contributed by atoms with Gasteiger partial charge in [0.05, 0.1) is 17.2 Å². The summed E-state index contributed by atoms with van der Waals surface area (Å²) < 4.78 is 6.90. The first kappa shape index (κ1) is 18.5. The fourth-order valence-corrected chi connectivity index (χ4v) is 3.33. The minimum atomic E-state index is -0.535. The molecule has 0 aliphatic carbocycles. The molecule has 0 aliphatic rings. The first-order valence-electron chi connectivity index (χ1n) is 9.23. The van der Waals surface area contributed by atoms with Crippen LogP contribution in [0.4, 0.5) is 0 Å². The molecule has 2 heterocycles. The smallest absolute Gasteiger partial charge is 0.328 e. The van der Waals surface area contributed by atoms with Crippen LogP contribution in [0.5, 0.6) is 0 Å². The van der Waals surface area contributed by atoms with Crippen LogP contribution in [0.15, 0.2) is 87.0 Å². The van der Waals surface area contributed by atoms with E-state index < -0.39 is 17.3 Å². The third-order valence-corrected chi connectivity index (χ3v) is 4.73. The molecular weight excluding hydrogens is 370 g/mol. The lowest BCUT2D eigenvalue weighted by Gasteiger charge is -2.17. The quantitative estimate of drug-likeness (QED) is 0.530. The van der Waals surface area contributed by atoms with Crippen molar-refractivity contribution >= 4 is 16.8 Å². The van der Waals surface area contributed by atoms with Crippen molar-refractivity contribution in [3.05, 3.63) is 105 Å². The molecule has 0 spiro atoms. The Kier molecular flexibility index (Phi) is 5.11. The van der Waals surface area contributed by atoms with Crippen LogP contribution in [0.25, 0.3) is 10.9 Å². The number of furan rings is 1. The summed E-state index contributed by atoms with van der Waals surface area (Å²) in [5, 5.41) is 3.37. The van der Waals surface area contributed by atoms with Crippen LogP contribution in [0, 0.1) is 0 Å². The number of hydrogen-bond acceptors (Lipinski definition) is 4. The minimum Gasteiger partial charge on any atom is -0.467 e. The predicted molar refractivity (Wildman–Crippen MR) is 109 cm³/mol. The molecule has 2 aromatic heterocycles. The number of hydrogen-bond donors (Lipinski definition) is 2. The zero-order valence-electron chi connectivity index (χ0n) is 15.5. The maximum atomic E-state index is 12.7. The molecule has 7 nitrogen and oxygen atoms in total. The van der Waals surface area contributed by atoms with Crippen LogP contribution in [-0.4, -0.2) is 15.5 Å². The molecular formula is C22H19N3O4. The topological polar surface area (TPSA) is 97.1 Å². The fourth-order valence-electron chi connectivity index (χ4n) is 3.33. The second-order valence-electron chi connectivity index (χ2n) is 6.60. The summed E-state index contributed by atoms with van der Waals surface area (Å²) in [7, 11) is 0. The number of rotatable bonds is 6. The summed E-state index contributed by atoms with van der Waals surface area (Å²) in [5.41, 5.74) is 0.419. The molecule has 7 heteroatoms. The van der Waals surface area contributed by atoms with Crippen molar-refractivity contribution in [3.8, 4) is 0 Å². The van der Waals surface area contributed by atoms with E-state index in [0.717, 1.165) is 5.56 Å². The number of nitrogens with one attached hydrogen (secondary N) is 2. The SMILES string of the molecule is O=C(CCn1c(=O)[nH]c(=O)c2ccccc21)NC(c1ccccc1)c1ccco1. The number of carbonyl (C=O) groups excluding carboxylic acids is 1. The average Bonchev–Trinajstić information content (AvgIpc) is 3.27. The van der Waals surface area contributed by atoms with E-state index in [1.54, 1.807) is 42.7 Å². The van der Waals surface area contributed by atoms with E-state index >= 15 is 0 Å². The van der Waals surface area contributed by atoms with Gasteiger partial charge >= 0.3 is 5.69 Å². The van der Waals surface area contributed by atoms with E-state index in [0.29, 0.717) is 16.7 Å². The molecule has 4 aromatic rings. The van der Waals surface area contributed by atoms with Crippen LogP contribution < -0.4 is 16.6 Å². The third-order valence-electron chi connectivity index (χ3n) is 4.73. The number of nitrogens with zero attached hydrogens (tertiary/aromatic N) is 1. The summed E-state index contributed by atoms with van der Waals surface area (Å²) in [6, 6.07) is 19.5. The highest BCUT2D eigenvalue weighted by atomic mass is 16.3. The van der Waals surface area contributed by atoms with Crippen molar-refractivity contribution in [2.24, 2.45) is 0 Å². The highest BCUT2D eigenvalue weighted by molar-refractivity contribution is 5.79. The van der Waals surface area contributed by atoms with Gasteiger partial charge in [-0.2, -0.15) is 0 Å². The van der Waals surface area contributed by atoms with Crippen LogP contribution in [0.1, 0.15) is 23.8 Å². The van der Waals surface area contributed by atoms with Crippen molar-refractivity contribution in [3.63, 3.8) is 0 Å². The second-order valence-corrected chi connectivity index (χ2v) is 6.60. The molecule has 1 unspecified atom stereocenters. The largest absolute Gasteiger partial charge is 0.467 e. The lowest BCUT2D eigenvalue weighted by Crippen LogP contribution is -2.33. The molecule has 1 amide bonds. The van der Waals surface area contributed by atoms with Crippen LogP contribution in [-0.2, 0) is 11.3 Å². The molecule has 29 heavy (non-hydrogen) atoms. The van der Waals surface area contributed by atoms with Crippen molar-refractivity contribution < 1.29 is 9.21 Å². The van der Waals surface area contributed by atoms with Gasteiger partial charge in [0, 0.05) is 13.0 Å². The lowest BCUT2D eigenvalue weighted by atomic mass is 10.0. The first-order chi connectivity index (χ1) is 14.1. The molecule has 0 radical (unpaired) electrons. The first-order valence-corrected chi connectivity index (χ1v) is 9.23. The van der Waals surface area contributed by atoms with E-state index in [1.807, 2.05) is 30.3 Å². The van der Waals surface area contributed by atoms with E-state index in [4.69, 9.17) is 4.42 Å². The van der Waals surface area contributed by atoms with Gasteiger partial charge in [-0.1, -0.05) is 42.5 Å². The van der Waals surface area contributed by atoms with Gasteiger partial charge < -0.3 is 9.73 Å². The Labute approximate surface area is 165 Å². The van der Waals surface area contributed by atoms with E-state index in [-0.39, 0.29) is 18.9 Å². The van der Waals surface area contributed by atoms with Crippen molar-refractivity contribution in [2.75, 3.05) is 0 Å². The monoisotopic (exact) mass is 389 g/mol. The van der Waals surface area contributed by atoms with E-state index in [9.17, 15) is 14.4 Å². The molecule has 146 valence electrons. The normalized spacial score (nSPS) is 12.0. The second kappa shape index (κ2) is 8.02. The number of carbonyl (C=O) groups is 1. The summed E-state index contributed by atoms with van der Waals surface area (Å²) in [6.07, 6.45) is 1.63. The van der Waals surface area contributed by atoms with Gasteiger partial charge in [0.25, 0.3) is 5.56 Å². The molecule has 0 aliphatic heterocycles. The Morgan fingerprint density at radius 1 is 1.00 bits per heavy atom. The number of benzene rings is 2. The Morgan fingerprint density at radius 2 is 1.76 bits per heavy atom. The van der Waals surface area contributed by atoms with Gasteiger partial charge in [-0.25, -0.2) is 4.79 Å². The number of aryl methyl sites for hydroxylation is 1. The van der Waals surface area contributed by atoms with Gasteiger partial charge in [0.1, 0.15) is 11.8 Å². The van der Waals surface area contributed by atoms with Gasteiger partial charge in [0.15, 0.2) is 0 Å². The van der Waals surface area contributed by atoms with Crippen molar-refractivity contribution in [1.82, 2.24) is 14.9 Å². The molecule has 0 fully saturated rings. The fraction of sp³-hybridized carbons (Fsp3) is 0.136. The van der Waals surface area contributed by atoms with E-state index in [2.05, 4.69) is 10.3 Å². The molecule has 4 rings (SSSR count). The zero-order chi connectivity index (χ0) is 20.2. The Hall–Kier alpha value is -3.87. The van der Waals surface area contributed by atoms with Crippen LogP contribution in [0.3, 0.4) is 0 Å². The minimum absolute atomic E-state index is 0.0694. The Bertz CT molecular complexity index is 1240. The number of aromatic nitrogens is 2. The summed E-state index contributed by atoms with van der Waals surface area (Å²) in [6.45, 7) is 0.141. The molecule has 0 saturated heterocycles. The van der Waals surface area contributed by atoms with Crippen molar-refractivity contribution in [2.45, 2.75) is 19.0 Å². The number of fused-ring (bicyclic) bond motifs is 1. The Morgan fingerprint density at radius 3 is 2.52 bits per heavy atom. The van der Waals surface area contributed by atoms with Crippen LogP contribution in [0.2, 0.25) is 0 Å². The highest BCUT2D eigenvalue weighted by Crippen LogP contribution is 2.22.